The standard InChI is InChI=1S/C24H22N2O2/c27-22-16-20(17-26(22)21-14-8-3-9-15-21)25-24(28)23(18-10-4-1-5-11-18)19-12-6-2-7-13-19/h1-15,20,23H,16-17H2,(H,25,28)/t20-/m0/s1. The largest absolute Gasteiger partial charge is 0.350 e. The van der Waals surface area contributed by atoms with Crippen molar-refractivity contribution in [2.75, 3.05) is 11.4 Å². The van der Waals surface area contributed by atoms with E-state index in [9.17, 15) is 9.59 Å². The van der Waals surface area contributed by atoms with E-state index in [0.29, 0.717) is 13.0 Å². The third kappa shape index (κ3) is 3.81. The number of amides is 2. The lowest BCUT2D eigenvalue weighted by Crippen LogP contribution is -2.40. The van der Waals surface area contributed by atoms with E-state index in [1.165, 1.54) is 0 Å². The molecule has 0 bridgehead atoms. The monoisotopic (exact) mass is 370 g/mol. The van der Waals surface area contributed by atoms with E-state index >= 15 is 0 Å². The second-order valence-electron chi connectivity index (χ2n) is 7.00. The molecule has 4 heteroatoms. The van der Waals surface area contributed by atoms with Crippen molar-refractivity contribution in [2.45, 2.75) is 18.4 Å². The van der Waals surface area contributed by atoms with Crippen molar-refractivity contribution < 1.29 is 9.59 Å². The molecular formula is C24H22N2O2. The maximum absolute atomic E-state index is 13.2. The van der Waals surface area contributed by atoms with Gasteiger partial charge in [-0.1, -0.05) is 78.9 Å². The summed E-state index contributed by atoms with van der Waals surface area (Å²) >= 11 is 0. The minimum atomic E-state index is -0.400. The first-order valence-electron chi connectivity index (χ1n) is 9.48. The number of hydrogen-bond donors (Lipinski definition) is 1. The van der Waals surface area contributed by atoms with Crippen molar-refractivity contribution in [2.24, 2.45) is 0 Å². The van der Waals surface area contributed by atoms with Crippen molar-refractivity contribution in [3.8, 4) is 0 Å². The molecule has 0 unspecified atom stereocenters. The summed E-state index contributed by atoms with van der Waals surface area (Å²) in [4.78, 5) is 27.4. The van der Waals surface area contributed by atoms with Gasteiger partial charge in [-0.05, 0) is 23.3 Å². The van der Waals surface area contributed by atoms with E-state index in [0.717, 1.165) is 16.8 Å². The molecule has 1 aliphatic rings. The highest BCUT2D eigenvalue weighted by atomic mass is 16.2. The Morgan fingerprint density at radius 2 is 1.32 bits per heavy atom. The van der Waals surface area contributed by atoms with E-state index in [4.69, 9.17) is 0 Å². The Labute approximate surface area is 164 Å². The Bertz CT molecular complexity index is 903. The van der Waals surface area contributed by atoms with Crippen LogP contribution in [-0.4, -0.2) is 24.4 Å². The van der Waals surface area contributed by atoms with Crippen LogP contribution in [0.5, 0.6) is 0 Å². The van der Waals surface area contributed by atoms with Crippen LogP contribution in [0.25, 0.3) is 0 Å². The molecule has 0 aliphatic carbocycles. The van der Waals surface area contributed by atoms with Crippen LogP contribution >= 0.6 is 0 Å². The van der Waals surface area contributed by atoms with Gasteiger partial charge < -0.3 is 10.2 Å². The normalized spacial score (nSPS) is 16.4. The predicted octanol–water partition coefficient (Wildman–Crippen LogP) is 3.74. The van der Waals surface area contributed by atoms with Gasteiger partial charge in [-0.2, -0.15) is 0 Å². The van der Waals surface area contributed by atoms with Crippen LogP contribution in [0.15, 0.2) is 91.0 Å². The lowest BCUT2D eigenvalue weighted by atomic mass is 9.90. The van der Waals surface area contributed by atoms with Crippen LogP contribution in [0.1, 0.15) is 23.5 Å². The number of carbonyl (C=O) groups is 2. The first-order valence-corrected chi connectivity index (χ1v) is 9.48. The Hall–Kier alpha value is -3.40. The molecule has 2 amide bonds. The van der Waals surface area contributed by atoms with Gasteiger partial charge in [-0.3, -0.25) is 9.59 Å². The Balaban J connectivity index is 1.53. The lowest BCUT2D eigenvalue weighted by Gasteiger charge is -2.21. The molecule has 0 spiro atoms. The average molecular weight is 370 g/mol. The fourth-order valence-corrected chi connectivity index (χ4v) is 3.73. The van der Waals surface area contributed by atoms with E-state index in [-0.39, 0.29) is 17.9 Å². The number of carbonyl (C=O) groups excluding carboxylic acids is 2. The fourth-order valence-electron chi connectivity index (χ4n) is 3.73. The van der Waals surface area contributed by atoms with E-state index in [1.54, 1.807) is 4.90 Å². The molecule has 4 nitrogen and oxygen atoms in total. The smallest absolute Gasteiger partial charge is 0.232 e. The number of benzene rings is 3. The predicted molar refractivity (Wildman–Crippen MR) is 110 cm³/mol. The molecule has 1 atom stereocenters. The summed E-state index contributed by atoms with van der Waals surface area (Å²) in [7, 11) is 0. The molecular weight excluding hydrogens is 348 g/mol. The first-order chi connectivity index (χ1) is 13.7. The summed E-state index contributed by atoms with van der Waals surface area (Å²) in [6, 6.07) is 28.9. The van der Waals surface area contributed by atoms with Crippen LogP contribution in [0.4, 0.5) is 5.69 Å². The van der Waals surface area contributed by atoms with Crippen LogP contribution < -0.4 is 10.2 Å². The minimum Gasteiger partial charge on any atom is -0.350 e. The molecule has 1 saturated heterocycles. The molecule has 1 N–H and O–H groups in total. The topological polar surface area (TPSA) is 49.4 Å². The van der Waals surface area contributed by atoms with Gasteiger partial charge in [0.15, 0.2) is 0 Å². The van der Waals surface area contributed by atoms with Gasteiger partial charge >= 0.3 is 0 Å². The molecule has 0 saturated carbocycles. The minimum absolute atomic E-state index is 0.0347. The van der Waals surface area contributed by atoms with Crippen LogP contribution in [0.2, 0.25) is 0 Å². The van der Waals surface area contributed by atoms with Gasteiger partial charge in [0, 0.05) is 18.7 Å². The number of rotatable bonds is 5. The average Bonchev–Trinajstić information content (AvgIpc) is 3.10. The highest BCUT2D eigenvalue weighted by molar-refractivity contribution is 5.97. The van der Waals surface area contributed by atoms with E-state index < -0.39 is 5.92 Å². The molecule has 1 heterocycles. The number of para-hydroxylation sites is 1. The van der Waals surface area contributed by atoms with Crippen molar-refractivity contribution in [1.82, 2.24) is 5.32 Å². The molecule has 1 aliphatic heterocycles. The molecule has 140 valence electrons. The zero-order chi connectivity index (χ0) is 19.3. The fraction of sp³-hybridized carbons (Fsp3) is 0.167. The second-order valence-corrected chi connectivity index (χ2v) is 7.00. The quantitative estimate of drug-likeness (QED) is 0.744. The van der Waals surface area contributed by atoms with Gasteiger partial charge in [0.1, 0.15) is 0 Å². The van der Waals surface area contributed by atoms with E-state index in [1.807, 2.05) is 91.0 Å². The first kappa shape index (κ1) is 18.0. The van der Waals surface area contributed by atoms with Crippen LogP contribution in [0.3, 0.4) is 0 Å². The Morgan fingerprint density at radius 3 is 1.86 bits per heavy atom. The third-order valence-electron chi connectivity index (χ3n) is 5.07. The van der Waals surface area contributed by atoms with Gasteiger partial charge in [0.05, 0.1) is 12.0 Å². The van der Waals surface area contributed by atoms with Crippen molar-refractivity contribution in [3.05, 3.63) is 102 Å². The molecule has 0 radical (unpaired) electrons. The number of hydrogen-bond acceptors (Lipinski definition) is 2. The zero-order valence-corrected chi connectivity index (χ0v) is 15.5. The maximum atomic E-state index is 13.2. The number of nitrogens with zero attached hydrogens (tertiary/aromatic N) is 1. The van der Waals surface area contributed by atoms with Gasteiger partial charge in [0.2, 0.25) is 11.8 Å². The molecule has 3 aromatic carbocycles. The summed E-state index contributed by atoms with van der Waals surface area (Å²) in [5.74, 6) is -0.444. The van der Waals surface area contributed by atoms with Gasteiger partial charge in [-0.15, -0.1) is 0 Å². The molecule has 0 aromatic heterocycles. The number of anilines is 1. The van der Waals surface area contributed by atoms with Crippen molar-refractivity contribution in [3.63, 3.8) is 0 Å². The molecule has 1 fully saturated rings. The second kappa shape index (κ2) is 8.09. The maximum Gasteiger partial charge on any atom is 0.232 e. The van der Waals surface area contributed by atoms with Crippen LogP contribution in [-0.2, 0) is 9.59 Å². The Kier molecular flexibility index (Phi) is 5.20. The molecule has 3 aromatic rings. The van der Waals surface area contributed by atoms with Crippen molar-refractivity contribution >= 4 is 17.5 Å². The summed E-state index contributed by atoms with van der Waals surface area (Å²) in [6.07, 6.45) is 0.316. The molecule has 4 rings (SSSR count). The van der Waals surface area contributed by atoms with Gasteiger partial charge in [-0.25, -0.2) is 0 Å². The summed E-state index contributed by atoms with van der Waals surface area (Å²) in [5.41, 5.74) is 2.75. The van der Waals surface area contributed by atoms with E-state index in [2.05, 4.69) is 5.32 Å². The van der Waals surface area contributed by atoms with Crippen LogP contribution in [0, 0.1) is 0 Å². The SMILES string of the molecule is O=C(N[C@H]1CC(=O)N(c2ccccc2)C1)C(c1ccccc1)c1ccccc1. The highest BCUT2D eigenvalue weighted by Gasteiger charge is 2.33. The number of nitrogens with one attached hydrogen (secondary N) is 1. The lowest BCUT2D eigenvalue weighted by molar-refractivity contribution is -0.122. The Morgan fingerprint density at radius 1 is 0.821 bits per heavy atom. The summed E-state index contributed by atoms with van der Waals surface area (Å²) in [6.45, 7) is 0.491. The molecule has 28 heavy (non-hydrogen) atoms. The van der Waals surface area contributed by atoms with Crippen molar-refractivity contribution in [1.29, 1.82) is 0 Å². The third-order valence-corrected chi connectivity index (χ3v) is 5.07. The van der Waals surface area contributed by atoms with Gasteiger partial charge in [0.25, 0.3) is 0 Å². The summed E-state index contributed by atoms with van der Waals surface area (Å²) in [5, 5.41) is 3.10. The zero-order valence-electron chi connectivity index (χ0n) is 15.5. The summed E-state index contributed by atoms with van der Waals surface area (Å²) < 4.78 is 0. The highest BCUT2D eigenvalue weighted by Crippen LogP contribution is 2.26.